The van der Waals surface area contributed by atoms with Crippen molar-refractivity contribution in [1.29, 1.82) is 5.26 Å². The lowest BCUT2D eigenvalue weighted by molar-refractivity contribution is -0.121. The maximum Gasteiger partial charge on any atom is 0.338 e. The van der Waals surface area contributed by atoms with Crippen molar-refractivity contribution in [3.8, 4) is 6.07 Å². The van der Waals surface area contributed by atoms with Crippen LogP contribution in [0.1, 0.15) is 17.3 Å². The van der Waals surface area contributed by atoms with Crippen LogP contribution >= 0.6 is 0 Å². The molecule has 1 amide bonds. The first kappa shape index (κ1) is 21.1. The second-order valence-electron chi connectivity index (χ2n) is 5.58. The number of sulfonamides is 1. The molecule has 9 heteroatoms. The lowest BCUT2D eigenvalue weighted by Crippen LogP contribution is -2.35. The summed E-state index contributed by atoms with van der Waals surface area (Å²) < 4.78 is 31.4. The number of nitrogens with zero attached hydrogens (tertiary/aromatic N) is 2. The van der Waals surface area contributed by atoms with E-state index in [1.807, 2.05) is 6.07 Å². The fraction of sp³-hybridized carbons (Fsp3) is 0.211. The van der Waals surface area contributed by atoms with Gasteiger partial charge in [0.2, 0.25) is 10.0 Å². The van der Waals surface area contributed by atoms with E-state index in [0.29, 0.717) is 5.69 Å². The second-order valence-corrected chi connectivity index (χ2v) is 7.35. The zero-order valence-electron chi connectivity index (χ0n) is 15.2. The van der Waals surface area contributed by atoms with Gasteiger partial charge in [0, 0.05) is 12.2 Å². The third kappa shape index (κ3) is 5.39. The molecule has 0 bridgehead atoms. The summed E-state index contributed by atoms with van der Waals surface area (Å²) in [5, 5.41) is 8.94. The largest absolute Gasteiger partial charge is 0.452 e. The van der Waals surface area contributed by atoms with Crippen LogP contribution in [0.4, 0.5) is 5.69 Å². The molecule has 0 unspecified atom stereocenters. The minimum absolute atomic E-state index is 0.00155. The van der Waals surface area contributed by atoms with Crippen LogP contribution in [0, 0.1) is 11.3 Å². The summed E-state index contributed by atoms with van der Waals surface area (Å²) in [6.07, 6.45) is 0. The van der Waals surface area contributed by atoms with Crippen molar-refractivity contribution < 1.29 is 22.7 Å². The topological polar surface area (TPSA) is 117 Å². The summed E-state index contributed by atoms with van der Waals surface area (Å²) in [5.74, 6) is -1.41. The SMILES string of the molecule is CCNS(=O)(=O)c1cccc(C(=O)OCC(=O)N(CC#N)c2ccccc2)c1. The summed E-state index contributed by atoms with van der Waals surface area (Å²) in [6, 6.07) is 15.7. The molecule has 0 saturated carbocycles. The van der Waals surface area contributed by atoms with Crippen molar-refractivity contribution in [2.75, 3.05) is 24.6 Å². The number of carbonyl (C=O) groups is 2. The smallest absolute Gasteiger partial charge is 0.338 e. The number of hydrogen-bond donors (Lipinski definition) is 1. The van der Waals surface area contributed by atoms with Gasteiger partial charge >= 0.3 is 5.97 Å². The van der Waals surface area contributed by atoms with Crippen molar-refractivity contribution in [3.05, 3.63) is 60.2 Å². The number of nitrogens with one attached hydrogen (secondary N) is 1. The van der Waals surface area contributed by atoms with Gasteiger partial charge in [-0.25, -0.2) is 17.9 Å². The van der Waals surface area contributed by atoms with Crippen LogP contribution in [0.5, 0.6) is 0 Å². The first-order valence-electron chi connectivity index (χ1n) is 8.38. The molecular formula is C19H19N3O5S. The summed E-state index contributed by atoms with van der Waals surface area (Å²) in [5.41, 5.74) is 0.502. The van der Waals surface area contributed by atoms with Crippen molar-refractivity contribution in [3.63, 3.8) is 0 Å². The van der Waals surface area contributed by atoms with Gasteiger partial charge in [0.05, 0.1) is 16.5 Å². The number of nitriles is 1. The van der Waals surface area contributed by atoms with Crippen molar-refractivity contribution in [2.45, 2.75) is 11.8 Å². The quantitative estimate of drug-likeness (QED) is 0.531. The molecule has 0 spiro atoms. The standard InChI is InChI=1S/C19H19N3O5S/c1-2-21-28(25,26)17-10-6-7-15(13-17)19(24)27-14-18(23)22(12-11-20)16-8-4-3-5-9-16/h3-10,13,21H,2,12,14H2,1H3. The predicted molar refractivity (Wildman–Crippen MR) is 102 cm³/mol. The third-order valence-corrected chi connectivity index (χ3v) is 5.18. The number of hydrogen-bond acceptors (Lipinski definition) is 6. The van der Waals surface area contributed by atoms with E-state index in [-0.39, 0.29) is 23.5 Å². The Balaban J connectivity index is 2.09. The van der Waals surface area contributed by atoms with Crippen LogP contribution in [0.15, 0.2) is 59.5 Å². The highest BCUT2D eigenvalue weighted by molar-refractivity contribution is 7.89. The fourth-order valence-electron chi connectivity index (χ4n) is 2.35. The Kier molecular flexibility index (Phi) is 7.26. The van der Waals surface area contributed by atoms with Gasteiger partial charge in [-0.3, -0.25) is 9.69 Å². The van der Waals surface area contributed by atoms with Crippen LogP contribution in [0.2, 0.25) is 0 Å². The van der Waals surface area contributed by atoms with Crippen LogP contribution in [-0.2, 0) is 19.6 Å². The number of esters is 1. The number of para-hydroxylation sites is 1. The highest BCUT2D eigenvalue weighted by atomic mass is 32.2. The molecule has 28 heavy (non-hydrogen) atoms. The number of anilines is 1. The molecule has 0 fully saturated rings. The zero-order valence-corrected chi connectivity index (χ0v) is 16.0. The van der Waals surface area contributed by atoms with Crippen molar-refractivity contribution in [2.24, 2.45) is 0 Å². The Morgan fingerprint density at radius 3 is 2.50 bits per heavy atom. The number of carbonyl (C=O) groups excluding carboxylic acids is 2. The summed E-state index contributed by atoms with van der Waals surface area (Å²) in [6.45, 7) is 1.07. The molecule has 0 radical (unpaired) electrons. The van der Waals surface area contributed by atoms with E-state index in [1.54, 1.807) is 37.3 Å². The van der Waals surface area contributed by atoms with Gasteiger partial charge in [-0.05, 0) is 30.3 Å². The predicted octanol–water partition coefficient (Wildman–Crippen LogP) is 1.70. The van der Waals surface area contributed by atoms with E-state index >= 15 is 0 Å². The number of ether oxygens (including phenoxy) is 1. The maximum absolute atomic E-state index is 12.4. The Morgan fingerprint density at radius 2 is 1.86 bits per heavy atom. The van der Waals surface area contributed by atoms with Crippen LogP contribution < -0.4 is 9.62 Å². The van der Waals surface area contributed by atoms with Crippen molar-refractivity contribution in [1.82, 2.24) is 4.72 Å². The maximum atomic E-state index is 12.4. The van der Waals surface area contributed by atoms with E-state index in [4.69, 9.17) is 10.00 Å². The first-order valence-corrected chi connectivity index (χ1v) is 9.86. The minimum atomic E-state index is -3.72. The molecule has 0 heterocycles. The summed E-state index contributed by atoms with van der Waals surface area (Å²) in [4.78, 5) is 25.7. The Hall–Kier alpha value is -3.22. The summed E-state index contributed by atoms with van der Waals surface area (Å²) >= 11 is 0. The Bertz CT molecular complexity index is 984. The van der Waals surface area contributed by atoms with Gasteiger partial charge in [0.15, 0.2) is 6.61 Å². The third-order valence-electron chi connectivity index (χ3n) is 3.64. The van der Waals surface area contributed by atoms with E-state index in [1.165, 1.54) is 29.2 Å². The average Bonchev–Trinajstić information content (AvgIpc) is 2.70. The van der Waals surface area contributed by atoms with E-state index in [2.05, 4.69) is 4.72 Å². The zero-order chi connectivity index (χ0) is 20.6. The average molecular weight is 401 g/mol. The van der Waals surface area contributed by atoms with Crippen LogP contribution in [0.25, 0.3) is 0 Å². The normalized spacial score (nSPS) is 10.7. The number of amides is 1. The van der Waals surface area contributed by atoms with Crippen LogP contribution in [-0.4, -0.2) is 40.0 Å². The molecule has 0 atom stereocenters. The molecule has 0 aliphatic rings. The van der Waals surface area contributed by atoms with Crippen molar-refractivity contribution >= 4 is 27.6 Å². The molecule has 2 rings (SSSR count). The van der Waals surface area contributed by atoms with Crippen LogP contribution in [0.3, 0.4) is 0 Å². The Labute approximate surface area is 163 Å². The molecule has 8 nitrogen and oxygen atoms in total. The van der Waals surface area contributed by atoms with Gasteiger partial charge in [0.1, 0.15) is 6.54 Å². The molecule has 0 aliphatic carbocycles. The lowest BCUT2D eigenvalue weighted by Gasteiger charge is -2.19. The summed E-state index contributed by atoms with van der Waals surface area (Å²) in [7, 11) is -3.72. The molecule has 2 aromatic carbocycles. The van der Waals surface area contributed by atoms with Gasteiger partial charge in [-0.15, -0.1) is 0 Å². The molecule has 2 aromatic rings. The monoisotopic (exact) mass is 401 g/mol. The first-order chi connectivity index (χ1) is 13.4. The number of rotatable bonds is 8. The van der Waals surface area contributed by atoms with Gasteiger partial charge in [0.25, 0.3) is 5.91 Å². The number of benzene rings is 2. The molecular weight excluding hydrogens is 382 g/mol. The molecule has 0 saturated heterocycles. The molecule has 1 N–H and O–H groups in total. The van der Waals surface area contributed by atoms with E-state index < -0.39 is 28.5 Å². The van der Waals surface area contributed by atoms with E-state index in [9.17, 15) is 18.0 Å². The van der Waals surface area contributed by atoms with Gasteiger partial charge in [-0.2, -0.15) is 5.26 Å². The van der Waals surface area contributed by atoms with Gasteiger partial charge < -0.3 is 4.74 Å². The molecule has 0 aliphatic heterocycles. The highest BCUT2D eigenvalue weighted by Crippen LogP contribution is 2.15. The molecule has 0 aromatic heterocycles. The minimum Gasteiger partial charge on any atom is -0.452 e. The Morgan fingerprint density at radius 1 is 1.14 bits per heavy atom. The fourth-order valence-corrected chi connectivity index (χ4v) is 3.44. The second kappa shape index (κ2) is 9.64. The van der Waals surface area contributed by atoms with E-state index in [0.717, 1.165) is 0 Å². The van der Waals surface area contributed by atoms with Gasteiger partial charge in [-0.1, -0.05) is 31.2 Å². The highest BCUT2D eigenvalue weighted by Gasteiger charge is 2.19. The lowest BCUT2D eigenvalue weighted by atomic mass is 10.2. The molecule has 146 valence electrons.